The molecular weight excluding hydrogens is 255 g/mol. The van der Waals surface area contributed by atoms with Crippen molar-refractivity contribution in [2.24, 2.45) is 0 Å². The van der Waals surface area contributed by atoms with E-state index in [0.717, 1.165) is 31.7 Å². The van der Waals surface area contributed by atoms with E-state index in [1.54, 1.807) is 6.07 Å². The van der Waals surface area contributed by atoms with Gasteiger partial charge in [0.05, 0.1) is 17.9 Å². The van der Waals surface area contributed by atoms with E-state index in [2.05, 4.69) is 34.2 Å². The fourth-order valence-corrected chi connectivity index (χ4v) is 2.78. The molecule has 0 amide bonds. The molecule has 0 saturated carbocycles. The third-order valence-corrected chi connectivity index (χ3v) is 4.17. The monoisotopic (exact) mass is 280 g/mol. The van der Waals surface area contributed by atoms with Crippen molar-refractivity contribution in [3.8, 4) is 0 Å². The van der Waals surface area contributed by atoms with Crippen molar-refractivity contribution in [2.45, 2.75) is 24.9 Å². The van der Waals surface area contributed by atoms with Crippen molar-refractivity contribution in [2.75, 3.05) is 40.8 Å². The summed E-state index contributed by atoms with van der Waals surface area (Å²) in [6, 6.07) is 4.11. The first kappa shape index (κ1) is 15.4. The summed E-state index contributed by atoms with van der Waals surface area (Å²) in [5.74, 6) is -0.281. The molecule has 1 saturated heterocycles. The van der Waals surface area contributed by atoms with Gasteiger partial charge in [-0.05, 0) is 52.7 Å². The van der Waals surface area contributed by atoms with E-state index in [-0.39, 0.29) is 11.9 Å². The number of likely N-dealkylation sites (N-methyl/N-ethyl adjacent to an activating group) is 1. The van der Waals surface area contributed by atoms with Crippen LogP contribution in [-0.2, 0) is 0 Å². The fourth-order valence-electron chi connectivity index (χ4n) is 2.78. The van der Waals surface area contributed by atoms with Crippen LogP contribution in [0.1, 0.15) is 24.6 Å². The molecule has 0 radical (unpaired) electrons. The molecule has 1 N–H and O–H groups in total. The van der Waals surface area contributed by atoms with Gasteiger partial charge in [-0.3, -0.25) is 4.98 Å². The van der Waals surface area contributed by atoms with Crippen molar-refractivity contribution >= 4 is 0 Å². The average molecular weight is 280 g/mol. The van der Waals surface area contributed by atoms with Crippen molar-refractivity contribution in [1.82, 2.24) is 20.1 Å². The molecule has 2 rings (SSSR count). The molecule has 0 aromatic carbocycles. The summed E-state index contributed by atoms with van der Waals surface area (Å²) in [7, 11) is 6.22. The van der Waals surface area contributed by atoms with Gasteiger partial charge in [0.15, 0.2) is 0 Å². The summed E-state index contributed by atoms with van der Waals surface area (Å²) in [6.07, 6.45) is 3.53. The zero-order valence-electron chi connectivity index (χ0n) is 12.6. The SMILES string of the molecule is CNC(CCN1CCC(N(C)C)C1)c1ccc(F)cn1. The number of hydrogen-bond donors (Lipinski definition) is 1. The summed E-state index contributed by atoms with van der Waals surface area (Å²) in [5.41, 5.74) is 0.914. The van der Waals surface area contributed by atoms with E-state index in [4.69, 9.17) is 0 Å². The number of halogens is 1. The van der Waals surface area contributed by atoms with Gasteiger partial charge in [0, 0.05) is 19.1 Å². The van der Waals surface area contributed by atoms with E-state index in [9.17, 15) is 4.39 Å². The summed E-state index contributed by atoms with van der Waals surface area (Å²) in [4.78, 5) is 8.97. The number of likely N-dealkylation sites (tertiary alicyclic amines) is 1. The zero-order chi connectivity index (χ0) is 14.5. The van der Waals surface area contributed by atoms with Crippen molar-refractivity contribution in [3.05, 3.63) is 29.8 Å². The van der Waals surface area contributed by atoms with Crippen LogP contribution in [0.4, 0.5) is 4.39 Å². The van der Waals surface area contributed by atoms with Crippen molar-refractivity contribution in [1.29, 1.82) is 0 Å². The van der Waals surface area contributed by atoms with Crippen molar-refractivity contribution in [3.63, 3.8) is 0 Å². The van der Waals surface area contributed by atoms with Crippen LogP contribution in [0.5, 0.6) is 0 Å². The molecule has 2 unspecified atom stereocenters. The highest BCUT2D eigenvalue weighted by atomic mass is 19.1. The number of nitrogens with one attached hydrogen (secondary N) is 1. The molecular formula is C15H25FN4. The minimum absolute atomic E-state index is 0.189. The number of aromatic nitrogens is 1. The van der Waals surface area contributed by atoms with Crippen LogP contribution >= 0.6 is 0 Å². The Morgan fingerprint density at radius 2 is 2.30 bits per heavy atom. The minimum Gasteiger partial charge on any atom is -0.312 e. The standard InChI is InChI=1S/C15H25FN4/c1-17-14(15-5-4-12(16)10-18-15)7-9-20-8-6-13(11-20)19(2)3/h4-5,10,13-14,17H,6-9,11H2,1-3H3. The smallest absolute Gasteiger partial charge is 0.141 e. The van der Waals surface area contributed by atoms with Gasteiger partial charge < -0.3 is 15.1 Å². The molecule has 1 aromatic heterocycles. The summed E-state index contributed by atoms with van der Waals surface area (Å²) in [6.45, 7) is 3.35. The highest BCUT2D eigenvalue weighted by Gasteiger charge is 2.24. The number of nitrogens with zero attached hydrogens (tertiary/aromatic N) is 3. The lowest BCUT2D eigenvalue weighted by molar-refractivity contribution is 0.260. The third-order valence-electron chi connectivity index (χ3n) is 4.17. The summed E-state index contributed by atoms with van der Waals surface area (Å²) in [5, 5.41) is 3.27. The van der Waals surface area contributed by atoms with Gasteiger partial charge in [0.1, 0.15) is 5.82 Å². The largest absolute Gasteiger partial charge is 0.312 e. The maximum absolute atomic E-state index is 12.9. The maximum atomic E-state index is 12.9. The van der Waals surface area contributed by atoms with Crippen LogP contribution in [0.25, 0.3) is 0 Å². The van der Waals surface area contributed by atoms with Gasteiger partial charge in [0.2, 0.25) is 0 Å². The lowest BCUT2D eigenvalue weighted by Gasteiger charge is -2.22. The zero-order valence-corrected chi connectivity index (χ0v) is 12.6. The van der Waals surface area contributed by atoms with Crippen LogP contribution in [0, 0.1) is 5.82 Å². The Hall–Kier alpha value is -1.04. The number of rotatable bonds is 6. The Balaban J connectivity index is 1.84. The molecule has 4 nitrogen and oxygen atoms in total. The Labute approximate surface area is 121 Å². The van der Waals surface area contributed by atoms with Gasteiger partial charge in [-0.2, -0.15) is 0 Å². The average Bonchev–Trinajstić information content (AvgIpc) is 2.90. The highest BCUT2D eigenvalue weighted by Crippen LogP contribution is 2.18. The molecule has 0 aliphatic carbocycles. The quantitative estimate of drug-likeness (QED) is 0.856. The molecule has 5 heteroatoms. The molecule has 0 bridgehead atoms. The topological polar surface area (TPSA) is 31.4 Å². The predicted octanol–water partition coefficient (Wildman–Crippen LogP) is 1.51. The van der Waals surface area contributed by atoms with E-state index in [0.29, 0.717) is 6.04 Å². The van der Waals surface area contributed by atoms with Crippen molar-refractivity contribution < 1.29 is 4.39 Å². The molecule has 0 spiro atoms. The van der Waals surface area contributed by atoms with Crippen LogP contribution in [0.15, 0.2) is 18.3 Å². The Morgan fingerprint density at radius 1 is 1.50 bits per heavy atom. The van der Waals surface area contributed by atoms with Gasteiger partial charge in [0.25, 0.3) is 0 Å². The van der Waals surface area contributed by atoms with Gasteiger partial charge in [-0.1, -0.05) is 0 Å². The number of pyridine rings is 1. The predicted molar refractivity (Wildman–Crippen MR) is 79.1 cm³/mol. The Bertz CT molecular complexity index is 407. The lowest BCUT2D eigenvalue weighted by Crippen LogP contribution is -2.33. The third kappa shape index (κ3) is 3.98. The molecule has 1 aromatic rings. The maximum Gasteiger partial charge on any atom is 0.141 e. The van der Waals surface area contributed by atoms with Gasteiger partial charge in [-0.15, -0.1) is 0 Å². The first-order valence-corrected chi connectivity index (χ1v) is 7.27. The minimum atomic E-state index is -0.281. The Kier molecular flexibility index (Phi) is 5.46. The van der Waals surface area contributed by atoms with E-state index < -0.39 is 0 Å². The molecule has 1 aliphatic rings. The highest BCUT2D eigenvalue weighted by molar-refractivity contribution is 5.09. The summed E-state index contributed by atoms with van der Waals surface area (Å²) >= 11 is 0. The molecule has 1 fully saturated rings. The second-order valence-electron chi connectivity index (χ2n) is 5.74. The first-order chi connectivity index (χ1) is 9.60. The second kappa shape index (κ2) is 7.11. The van der Waals surface area contributed by atoms with Gasteiger partial charge >= 0.3 is 0 Å². The van der Waals surface area contributed by atoms with Gasteiger partial charge in [-0.25, -0.2) is 4.39 Å². The fraction of sp³-hybridized carbons (Fsp3) is 0.667. The molecule has 1 aliphatic heterocycles. The Morgan fingerprint density at radius 3 is 2.85 bits per heavy atom. The van der Waals surface area contributed by atoms with E-state index >= 15 is 0 Å². The summed E-state index contributed by atoms with van der Waals surface area (Å²) < 4.78 is 12.9. The molecule has 112 valence electrons. The van der Waals surface area contributed by atoms with Crippen LogP contribution in [-0.4, -0.2) is 61.6 Å². The normalized spacial score (nSPS) is 21.6. The number of hydrogen-bond acceptors (Lipinski definition) is 4. The molecule has 2 atom stereocenters. The lowest BCUT2D eigenvalue weighted by atomic mass is 10.1. The molecule has 2 heterocycles. The molecule has 20 heavy (non-hydrogen) atoms. The van der Waals surface area contributed by atoms with Crippen LogP contribution < -0.4 is 5.32 Å². The van der Waals surface area contributed by atoms with Crippen LogP contribution in [0.2, 0.25) is 0 Å². The first-order valence-electron chi connectivity index (χ1n) is 7.27. The van der Waals surface area contributed by atoms with Crippen LogP contribution in [0.3, 0.4) is 0 Å². The van der Waals surface area contributed by atoms with E-state index in [1.807, 2.05) is 7.05 Å². The second-order valence-corrected chi connectivity index (χ2v) is 5.74. The van der Waals surface area contributed by atoms with E-state index in [1.165, 1.54) is 18.7 Å².